The van der Waals surface area contributed by atoms with Crippen molar-refractivity contribution in [1.82, 2.24) is 5.32 Å². The van der Waals surface area contributed by atoms with Crippen LogP contribution in [0.5, 0.6) is 5.75 Å². The van der Waals surface area contributed by atoms with Gasteiger partial charge in [0.25, 0.3) is 0 Å². The Balaban J connectivity index is 2.06. The SMILES string of the molecule is COc1ccc([C@H]2CCCCCN2)cc1. The molecule has 1 atom stereocenters. The predicted molar refractivity (Wildman–Crippen MR) is 62.2 cm³/mol. The zero-order valence-electron chi connectivity index (χ0n) is 9.33. The number of nitrogens with one attached hydrogen (secondary N) is 1. The molecule has 0 unspecified atom stereocenters. The summed E-state index contributed by atoms with van der Waals surface area (Å²) in [6, 6.07) is 8.96. The molecule has 1 saturated heterocycles. The third-order valence-electron chi connectivity index (χ3n) is 3.08. The van der Waals surface area contributed by atoms with Crippen LogP contribution < -0.4 is 10.1 Å². The molecular formula is C13H19NO. The number of benzene rings is 1. The van der Waals surface area contributed by atoms with Gasteiger partial charge in [0.2, 0.25) is 0 Å². The van der Waals surface area contributed by atoms with E-state index >= 15 is 0 Å². The lowest BCUT2D eigenvalue weighted by molar-refractivity contribution is 0.414. The molecule has 1 aromatic rings. The van der Waals surface area contributed by atoms with Gasteiger partial charge >= 0.3 is 0 Å². The van der Waals surface area contributed by atoms with Crippen LogP contribution in [0.25, 0.3) is 0 Å². The largest absolute Gasteiger partial charge is 0.497 e. The van der Waals surface area contributed by atoms with Crippen LogP contribution in [0.3, 0.4) is 0 Å². The third kappa shape index (κ3) is 2.72. The van der Waals surface area contributed by atoms with Crippen LogP contribution >= 0.6 is 0 Å². The number of ether oxygens (including phenoxy) is 1. The number of rotatable bonds is 2. The molecule has 2 nitrogen and oxygen atoms in total. The molecule has 1 aliphatic rings. The maximum atomic E-state index is 5.16. The Labute approximate surface area is 91.6 Å². The van der Waals surface area contributed by atoms with Crippen molar-refractivity contribution < 1.29 is 4.74 Å². The minimum atomic E-state index is 0.540. The summed E-state index contributed by atoms with van der Waals surface area (Å²) in [6.45, 7) is 1.15. The van der Waals surface area contributed by atoms with Gasteiger partial charge in [0.1, 0.15) is 5.75 Å². The fraction of sp³-hybridized carbons (Fsp3) is 0.538. The van der Waals surface area contributed by atoms with Gasteiger partial charge in [-0.1, -0.05) is 25.0 Å². The summed E-state index contributed by atoms with van der Waals surface area (Å²) in [7, 11) is 1.71. The lowest BCUT2D eigenvalue weighted by Gasteiger charge is -2.16. The molecule has 0 bridgehead atoms. The highest BCUT2D eigenvalue weighted by Gasteiger charge is 2.12. The second-order valence-electron chi connectivity index (χ2n) is 4.13. The molecule has 1 fully saturated rings. The summed E-state index contributed by atoms with van der Waals surface area (Å²) < 4.78 is 5.16. The number of hydrogen-bond acceptors (Lipinski definition) is 2. The topological polar surface area (TPSA) is 21.3 Å². The van der Waals surface area contributed by atoms with Crippen molar-refractivity contribution in [2.75, 3.05) is 13.7 Å². The average Bonchev–Trinajstić information content (AvgIpc) is 2.58. The van der Waals surface area contributed by atoms with E-state index in [1.54, 1.807) is 7.11 Å². The van der Waals surface area contributed by atoms with Crippen molar-refractivity contribution in [2.45, 2.75) is 31.7 Å². The predicted octanol–water partition coefficient (Wildman–Crippen LogP) is 2.90. The minimum absolute atomic E-state index is 0.540. The van der Waals surface area contributed by atoms with Gasteiger partial charge in [0.15, 0.2) is 0 Å². The van der Waals surface area contributed by atoms with E-state index in [0.717, 1.165) is 12.3 Å². The van der Waals surface area contributed by atoms with E-state index in [9.17, 15) is 0 Å². The molecule has 2 heteroatoms. The van der Waals surface area contributed by atoms with Gasteiger partial charge in [-0.15, -0.1) is 0 Å². The molecule has 0 radical (unpaired) electrons. The van der Waals surface area contributed by atoms with Crippen molar-refractivity contribution in [3.8, 4) is 5.75 Å². The molecular weight excluding hydrogens is 186 g/mol. The van der Waals surface area contributed by atoms with E-state index in [0.29, 0.717) is 6.04 Å². The van der Waals surface area contributed by atoms with E-state index in [2.05, 4.69) is 17.4 Å². The van der Waals surface area contributed by atoms with E-state index < -0.39 is 0 Å². The summed E-state index contributed by atoms with van der Waals surface area (Å²) in [6.07, 6.45) is 5.27. The van der Waals surface area contributed by atoms with Gasteiger partial charge < -0.3 is 10.1 Å². The van der Waals surface area contributed by atoms with Crippen LogP contribution in [0.1, 0.15) is 37.3 Å². The molecule has 15 heavy (non-hydrogen) atoms. The Kier molecular flexibility index (Phi) is 3.62. The van der Waals surface area contributed by atoms with E-state index in [1.807, 2.05) is 12.1 Å². The molecule has 1 N–H and O–H groups in total. The molecule has 1 aliphatic heterocycles. The molecule has 0 saturated carbocycles. The molecule has 0 aromatic heterocycles. The summed E-state index contributed by atoms with van der Waals surface area (Å²) in [5, 5.41) is 3.59. The molecule has 1 aromatic carbocycles. The maximum Gasteiger partial charge on any atom is 0.118 e. The van der Waals surface area contributed by atoms with Gasteiger partial charge in [-0.3, -0.25) is 0 Å². The zero-order chi connectivity index (χ0) is 10.5. The van der Waals surface area contributed by atoms with Crippen LogP contribution in [0.4, 0.5) is 0 Å². The normalized spacial score (nSPS) is 22.1. The first kappa shape index (κ1) is 10.5. The van der Waals surface area contributed by atoms with Gasteiger partial charge in [-0.2, -0.15) is 0 Å². The fourth-order valence-corrected chi connectivity index (χ4v) is 2.15. The van der Waals surface area contributed by atoms with Gasteiger partial charge in [-0.25, -0.2) is 0 Å². The third-order valence-corrected chi connectivity index (χ3v) is 3.08. The highest BCUT2D eigenvalue weighted by atomic mass is 16.5. The van der Waals surface area contributed by atoms with Crippen molar-refractivity contribution >= 4 is 0 Å². The monoisotopic (exact) mass is 205 g/mol. The van der Waals surface area contributed by atoms with Gasteiger partial charge in [0, 0.05) is 6.04 Å². The standard InChI is InChI=1S/C13H19NO/c1-15-12-8-6-11(7-9-12)13-5-3-2-4-10-14-13/h6-9,13-14H,2-5,10H2,1H3/t13-/m1/s1. The molecule has 82 valence electrons. The molecule has 0 aliphatic carbocycles. The highest BCUT2D eigenvalue weighted by Crippen LogP contribution is 2.24. The van der Waals surface area contributed by atoms with Crippen LogP contribution in [-0.2, 0) is 0 Å². The summed E-state index contributed by atoms with van der Waals surface area (Å²) in [4.78, 5) is 0. The first-order valence-corrected chi connectivity index (χ1v) is 5.77. The smallest absolute Gasteiger partial charge is 0.118 e. The Bertz CT molecular complexity index is 286. The lowest BCUT2D eigenvalue weighted by atomic mass is 10.0. The molecule has 1 heterocycles. The zero-order valence-corrected chi connectivity index (χ0v) is 9.33. The Morgan fingerprint density at radius 2 is 1.93 bits per heavy atom. The minimum Gasteiger partial charge on any atom is -0.497 e. The Morgan fingerprint density at radius 1 is 1.13 bits per heavy atom. The molecule has 0 spiro atoms. The quantitative estimate of drug-likeness (QED) is 0.801. The molecule has 2 rings (SSSR count). The Hall–Kier alpha value is -1.02. The van der Waals surface area contributed by atoms with Crippen LogP contribution in [0, 0.1) is 0 Å². The van der Waals surface area contributed by atoms with E-state index in [1.165, 1.54) is 31.2 Å². The summed E-state index contributed by atoms with van der Waals surface area (Å²) in [5.74, 6) is 0.937. The second kappa shape index (κ2) is 5.17. The van der Waals surface area contributed by atoms with E-state index in [4.69, 9.17) is 4.74 Å². The van der Waals surface area contributed by atoms with E-state index in [-0.39, 0.29) is 0 Å². The first-order chi connectivity index (χ1) is 7.40. The number of hydrogen-bond donors (Lipinski definition) is 1. The second-order valence-corrected chi connectivity index (χ2v) is 4.13. The van der Waals surface area contributed by atoms with Gasteiger partial charge in [-0.05, 0) is 37.1 Å². The van der Waals surface area contributed by atoms with Crippen molar-refractivity contribution in [1.29, 1.82) is 0 Å². The number of methoxy groups -OCH3 is 1. The molecule has 0 amide bonds. The van der Waals surface area contributed by atoms with Crippen LogP contribution in [-0.4, -0.2) is 13.7 Å². The average molecular weight is 205 g/mol. The fourth-order valence-electron chi connectivity index (χ4n) is 2.15. The lowest BCUT2D eigenvalue weighted by Crippen LogP contribution is -2.20. The van der Waals surface area contributed by atoms with Crippen LogP contribution in [0.2, 0.25) is 0 Å². The highest BCUT2D eigenvalue weighted by molar-refractivity contribution is 5.29. The van der Waals surface area contributed by atoms with Crippen LogP contribution in [0.15, 0.2) is 24.3 Å². The Morgan fingerprint density at radius 3 is 2.67 bits per heavy atom. The maximum absolute atomic E-state index is 5.16. The van der Waals surface area contributed by atoms with Crippen molar-refractivity contribution in [3.05, 3.63) is 29.8 Å². The summed E-state index contributed by atoms with van der Waals surface area (Å²) in [5.41, 5.74) is 1.39. The van der Waals surface area contributed by atoms with Crippen molar-refractivity contribution in [2.24, 2.45) is 0 Å². The van der Waals surface area contributed by atoms with Crippen molar-refractivity contribution in [3.63, 3.8) is 0 Å². The first-order valence-electron chi connectivity index (χ1n) is 5.77. The summed E-state index contributed by atoms with van der Waals surface area (Å²) >= 11 is 0. The van der Waals surface area contributed by atoms with Gasteiger partial charge in [0.05, 0.1) is 7.11 Å².